The minimum absolute atomic E-state index is 0.0198. The fourth-order valence-corrected chi connectivity index (χ4v) is 4.07. The molecule has 0 aliphatic carbocycles. The Morgan fingerprint density at radius 1 is 1.18 bits per heavy atom. The van der Waals surface area contributed by atoms with Gasteiger partial charge in [-0.05, 0) is 55.5 Å². The molecule has 0 unspecified atom stereocenters. The number of carbonyl (C=O) groups excluding carboxylic acids is 2. The molecule has 11 heteroatoms. The van der Waals surface area contributed by atoms with Gasteiger partial charge < -0.3 is 15.6 Å². The summed E-state index contributed by atoms with van der Waals surface area (Å²) in [7, 11) is 0. The first-order valence-corrected chi connectivity index (χ1v) is 10.3. The fourth-order valence-electron chi connectivity index (χ4n) is 4.07. The molecule has 6 nitrogen and oxygen atoms in total. The highest BCUT2D eigenvalue weighted by Gasteiger charge is 2.32. The average molecular weight is 484 g/mol. The van der Waals surface area contributed by atoms with Crippen molar-refractivity contribution in [2.75, 3.05) is 0 Å². The Kier molecular flexibility index (Phi) is 6.85. The lowest BCUT2D eigenvalue weighted by molar-refractivity contribution is -0.274. The van der Waals surface area contributed by atoms with Crippen molar-refractivity contribution in [3.05, 3.63) is 58.8 Å². The predicted octanol–water partition coefficient (Wildman–Crippen LogP) is 5.28. The number of carbonyl (C=O) groups is 2. The summed E-state index contributed by atoms with van der Waals surface area (Å²) in [5.41, 5.74) is 5.53. The topological polar surface area (TPSA) is 94.6 Å². The number of halogens is 5. The van der Waals surface area contributed by atoms with Gasteiger partial charge in [-0.15, -0.1) is 13.2 Å². The van der Waals surface area contributed by atoms with E-state index in [0.717, 1.165) is 34.9 Å². The summed E-state index contributed by atoms with van der Waals surface area (Å²) in [4.78, 5) is 24.6. The maximum Gasteiger partial charge on any atom is 0.573 e. The van der Waals surface area contributed by atoms with Gasteiger partial charge in [0.25, 0.3) is 5.91 Å². The van der Waals surface area contributed by atoms with E-state index in [2.05, 4.69) is 4.74 Å². The number of amides is 1. The second-order valence-corrected chi connectivity index (χ2v) is 7.74. The molecular formula is C23H21F5N2O4. The van der Waals surface area contributed by atoms with Crippen molar-refractivity contribution in [2.24, 2.45) is 5.73 Å². The molecule has 0 fully saturated rings. The molecular weight excluding hydrogens is 463 g/mol. The number of hydrogen-bond acceptors (Lipinski definition) is 4. The molecule has 1 heterocycles. The summed E-state index contributed by atoms with van der Waals surface area (Å²) in [5, 5.41) is 9.67. The summed E-state index contributed by atoms with van der Waals surface area (Å²) in [6, 6.07) is 4.87. The monoisotopic (exact) mass is 484 g/mol. The lowest BCUT2D eigenvalue weighted by atomic mass is 9.89. The van der Waals surface area contributed by atoms with Crippen LogP contribution in [0, 0.1) is 18.6 Å². The predicted molar refractivity (Wildman–Crippen MR) is 113 cm³/mol. The van der Waals surface area contributed by atoms with Gasteiger partial charge in [0, 0.05) is 29.1 Å². The zero-order valence-corrected chi connectivity index (χ0v) is 18.2. The maximum atomic E-state index is 15.1. The van der Waals surface area contributed by atoms with Crippen LogP contribution < -0.4 is 10.5 Å². The second kappa shape index (κ2) is 9.32. The number of aromatic hydroxyl groups is 1. The molecule has 2 aromatic carbocycles. The van der Waals surface area contributed by atoms with Crippen molar-refractivity contribution in [1.29, 1.82) is 0 Å². The second-order valence-electron chi connectivity index (χ2n) is 7.74. The molecule has 0 aliphatic rings. The first kappa shape index (κ1) is 25.0. The van der Waals surface area contributed by atoms with Gasteiger partial charge in [0.1, 0.15) is 5.75 Å². The molecule has 1 atom stereocenters. The SMILES string of the molecule is CC[C@@H](CCC(N)=O)c1c(C)n(C(=O)c2ccc(OC(F)(F)F)cc2)c2cc(F)c(O)c(F)c12. The molecule has 3 N–H and O–H groups in total. The number of alkyl halides is 3. The molecule has 0 spiro atoms. The van der Waals surface area contributed by atoms with Crippen LogP contribution in [0.15, 0.2) is 30.3 Å². The van der Waals surface area contributed by atoms with Crippen LogP contribution in [-0.4, -0.2) is 27.9 Å². The molecule has 34 heavy (non-hydrogen) atoms. The first-order chi connectivity index (χ1) is 15.9. The number of aromatic nitrogens is 1. The average Bonchev–Trinajstić information content (AvgIpc) is 3.03. The van der Waals surface area contributed by atoms with E-state index in [1.807, 2.05) is 0 Å². The smallest absolute Gasteiger partial charge is 0.503 e. The van der Waals surface area contributed by atoms with Crippen LogP contribution in [0.4, 0.5) is 22.0 Å². The minimum Gasteiger partial charge on any atom is -0.503 e. The maximum absolute atomic E-state index is 15.1. The third-order valence-electron chi connectivity index (χ3n) is 5.59. The van der Waals surface area contributed by atoms with Crippen molar-refractivity contribution >= 4 is 22.7 Å². The van der Waals surface area contributed by atoms with Gasteiger partial charge in [-0.3, -0.25) is 14.2 Å². The molecule has 3 rings (SSSR count). The molecule has 1 amide bonds. The standard InChI is InChI=1S/C23H21F5N2O4/c1-3-12(6-9-17(29)31)18-11(2)30(16-10-15(24)21(32)20(25)19(16)18)22(33)13-4-7-14(8-5-13)34-23(26,27)28/h4-5,7-8,10,12,32H,3,6,9H2,1-2H3,(H2,29,31)/t12-/m0/s1. The van der Waals surface area contributed by atoms with E-state index in [-0.39, 0.29) is 35.0 Å². The van der Waals surface area contributed by atoms with Crippen LogP contribution in [0.5, 0.6) is 11.5 Å². The van der Waals surface area contributed by atoms with E-state index in [1.165, 1.54) is 6.92 Å². The number of rotatable bonds is 7. The minimum atomic E-state index is -4.91. The van der Waals surface area contributed by atoms with Crippen molar-refractivity contribution < 1.29 is 41.4 Å². The van der Waals surface area contributed by atoms with Gasteiger partial charge in [0.2, 0.25) is 5.91 Å². The number of nitrogens with two attached hydrogens (primary N) is 1. The summed E-state index contributed by atoms with van der Waals surface area (Å²) in [6.45, 7) is 3.27. The highest BCUT2D eigenvalue weighted by molar-refractivity contribution is 6.04. The van der Waals surface area contributed by atoms with Crippen molar-refractivity contribution in [3.8, 4) is 11.5 Å². The Balaban J connectivity index is 2.18. The number of phenolic OH excluding ortho intramolecular Hbond substituents is 1. The third kappa shape index (κ3) is 4.82. The molecule has 0 saturated heterocycles. The Morgan fingerprint density at radius 3 is 2.32 bits per heavy atom. The van der Waals surface area contributed by atoms with Gasteiger partial charge >= 0.3 is 6.36 Å². The van der Waals surface area contributed by atoms with E-state index in [0.29, 0.717) is 12.0 Å². The molecule has 0 saturated carbocycles. The Morgan fingerprint density at radius 2 is 1.79 bits per heavy atom. The van der Waals surface area contributed by atoms with Crippen LogP contribution in [0.25, 0.3) is 10.9 Å². The Bertz CT molecular complexity index is 1250. The third-order valence-corrected chi connectivity index (χ3v) is 5.59. The molecule has 0 radical (unpaired) electrons. The summed E-state index contributed by atoms with van der Waals surface area (Å²) < 4.78 is 71.4. The molecule has 0 aliphatic heterocycles. The highest BCUT2D eigenvalue weighted by atomic mass is 19.4. The number of primary amides is 1. The zero-order valence-electron chi connectivity index (χ0n) is 18.2. The van der Waals surface area contributed by atoms with E-state index < -0.39 is 47.2 Å². The van der Waals surface area contributed by atoms with Crippen LogP contribution in [-0.2, 0) is 4.79 Å². The summed E-state index contributed by atoms with van der Waals surface area (Å²) >= 11 is 0. The number of hydrogen-bond donors (Lipinski definition) is 2. The molecule has 182 valence electrons. The molecule has 1 aromatic heterocycles. The zero-order chi connectivity index (χ0) is 25.4. The number of ether oxygens (including phenoxy) is 1. The number of benzene rings is 2. The van der Waals surface area contributed by atoms with Crippen LogP contribution >= 0.6 is 0 Å². The van der Waals surface area contributed by atoms with Gasteiger partial charge in [0.05, 0.1) is 5.52 Å². The van der Waals surface area contributed by atoms with E-state index in [9.17, 15) is 32.3 Å². The van der Waals surface area contributed by atoms with Crippen molar-refractivity contribution in [1.82, 2.24) is 4.57 Å². The van der Waals surface area contributed by atoms with Crippen LogP contribution in [0.3, 0.4) is 0 Å². The van der Waals surface area contributed by atoms with E-state index in [4.69, 9.17) is 5.73 Å². The van der Waals surface area contributed by atoms with Crippen LogP contribution in [0.1, 0.15) is 53.7 Å². The van der Waals surface area contributed by atoms with Gasteiger partial charge in [0.15, 0.2) is 17.4 Å². The number of phenols is 1. The van der Waals surface area contributed by atoms with Gasteiger partial charge in [-0.1, -0.05) is 6.92 Å². The van der Waals surface area contributed by atoms with Crippen molar-refractivity contribution in [3.63, 3.8) is 0 Å². The lowest BCUT2D eigenvalue weighted by Crippen LogP contribution is -2.17. The Hall–Kier alpha value is -3.63. The first-order valence-electron chi connectivity index (χ1n) is 10.3. The lowest BCUT2D eigenvalue weighted by Gasteiger charge is -2.16. The Labute approximate surface area is 190 Å². The van der Waals surface area contributed by atoms with Crippen LogP contribution in [0.2, 0.25) is 0 Å². The normalized spacial score (nSPS) is 12.7. The quantitative estimate of drug-likeness (QED) is 0.446. The van der Waals surface area contributed by atoms with Crippen molar-refractivity contribution in [2.45, 2.75) is 45.4 Å². The van der Waals surface area contributed by atoms with E-state index >= 15 is 4.39 Å². The fraction of sp³-hybridized carbons (Fsp3) is 0.304. The molecule has 3 aromatic rings. The molecule has 0 bridgehead atoms. The number of fused-ring (bicyclic) bond motifs is 1. The summed E-state index contributed by atoms with van der Waals surface area (Å²) in [5.74, 6) is -6.10. The highest BCUT2D eigenvalue weighted by Crippen LogP contribution is 2.41. The number of nitrogens with zero attached hydrogens (tertiary/aromatic N) is 1. The summed E-state index contributed by atoms with van der Waals surface area (Å²) in [6.07, 6.45) is -4.29. The van der Waals surface area contributed by atoms with Gasteiger partial charge in [-0.2, -0.15) is 0 Å². The van der Waals surface area contributed by atoms with Gasteiger partial charge in [-0.25, -0.2) is 8.78 Å². The largest absolute Gasteiger partial charge is 0.573 e. The van der Waals surface area contributed by atoms with E-state index in [1.54, 1.807) is 6.92 Å².